The fourth-order valence-corrected chi connectivity index (χ4v) is 3.45. The van der Waals surface area contributed by atoms with Crippen molar-refractivity contribution in [3.63, 3.8) is 0 Å². The van der Waals surface area contributed by atoms with Crippen LogP contribution in [0.3, 0.4) is 0 Å². The lowest BCUT2D eigenvalue weighted by molar-refractivity contribution is 0.213. The SMILES string of the molecule is CC1C2CCC1CN(I)C2. The molecule has 0 radical (unpaired) electrons. The highest BCUT2D eigenvalue weighted by molar-refractivity contribution is 14.1. The second kappa shape index (κ2) is 2.63. The predicted molar refractivity (Wildman–Crippen MR) is 51.0 cm³/mol. The maximum Gasteiger partial charge on any atom is 0.0201 e. The van der Waals surface area contributed by atoms with Crippen molar-refractivity contribution in [3.05, 3.63) is 0 Å². The molecule has 2 rings (SSSR count). The fraction of sp³-hybridized carbons (Fsp3) is 1.00. The molecule has 0 N–H and O–H groups in total. The number of piperidine rings is 1. The highest BCUT2D eigenvalue weighted by Crippen LogP contribution is 2.42. The molecule has 2 atom stereocenters. The zero-order valence-corrected chi connectivity index (χ0v) is 8.54. The largest absolute Gasteiger partial charge is 0.247 e. The maximum absolute atomic E-state index is 2.47. The van der Waals surface area contributed by atoms with Gasteiger partial charge in [0, 0.05) is 36.0 Å². The van der Waals surface area contributed by atoms with Gasteiger partial charge in [0.2, 0.25) is 0 Å². The summed E-state index contributed by atoms with van der Waals surface area (Å²) >= 11 is 2.47. The molecular formula is C8H14IN. The lowest BCUT2D eigenvalue weighted by atomic mass is 9.88. The molecule has 0 aromatic carbocycles. The van der Waals surface area contributed by atoms with Crippen LogP contribution < -0.4 is 0 Å². The van der Waals surface area contributed by atoms with Crippen LogP contribution in [0.25, 0.3) is 0 Å². The Balaban J connectivity index is 2.09. The van der Waals surface area contributed by atoms with Gasteiger partial charge in [0.25, 0.3) is 0 Å². The number of rotatable bonds is 0. The van der Waals surface area contributed by atoms with Crippen LogP contribution in [0.4, 0.5) is 0 Å². The van der Waals surface area contributed by atoms with E-state index in [1.54, 1.807) is 0 Å². The summed E-state index contributed by atoms with van der Waals surface area (Å²) in [5, 5.41) is 0. The molecule has 1 heterocycles. The van der Waals surface area contributed by atoms with E-state index in [0.29, 0.717) is 0 Å². The summed E-state index contributed by atoms with van der Waals surface area (Å²) in [5.74, 6) is 3.07. The van der Waals surface area contributed by atoms with Gasteiger partial charge in [-0.25, -0.2) is 3.11 Å². The van der Waals surface area contributed by atoms with Crippen molar-refractivity contribution in [1.29, 1.82) is 0 Å². The molecule has 0 aromatic rings. The van der Waals surface area contributed by atoms with E-state index in [1.807, 2.05) is 0 Å². The second-order valence-corrected chi connectivity index (χ2v) is 5.15. The van der Waals surface area contributed by atoms with E-state index in [0.717, 1.165) is 17.8 Å². The molecule has 2 heteroatoms. The van der Waals surface area contributed by atoms with Gasteiger partial charge in [-0.05, 0) is 30.6 Å². The quantitative estimate of drug-likeness (QED) is 0.471. The van der Waals surface area contributed by atoms with Crippen molar-refractivity contribution in [2.45, 2.75) is 19.8 Å². The van der Waals surface area contributed by atoms with Gasteiger partial charge in [-0.3, -0.25) is 0 Å². The van der Waals surface area contributed by atoms with E-state index in [1.165, 1.54) is 25.9 Å². The zero-order chi connectivity index (χ0) is 7.14. The van der Waals surface area contributed by atoms with Crippen LogP contribution in [0.2, 0.25) is 0 Å². The smallest absolute Gasteiger partial charge is 0.0201 e. The van der Waals surface area contributed by atoms with Crippen molar-refractivity contribution >= 4 is 22.9 Å². The van der Waals surface area contributed by atoms with Gasteiger partial charge in [0.15, 0.2) is 0 Å². The average Bonchev–Trinajstić information content (AvgIpc) is 2.20. The van der Waals surface area contributed by atoms with Gasteiger partial charge in [-0.1, -0.05) is 6.92 Å². The van der Waals surface area contributed by atoms with Crippen molar-refractivity contribution in [1.82, 2.24) is 3.11 Å². The van der Waals surface area contributed by atoms with Gasteiger partial charge >= 0.3 is 0 Å². The lowest BCUT2D eigenvalue weighted by Gasteiger charge is -2.32. The number of hydrogen-bond donors (Lipinski definition) is 0. The predicted octanol–water partition coefficient (Wildman–Crippen LogP) is 2.31. The molecule has 1 aliphatic carbocycles. The minimum Gasteiger partial charge on any atom is -0.247 e. The zero-order valence-electron chi connectivity index (χ0n) is 6.39. The van der Waals surface area contributed by atoms with E-state index >= 15 is 0 Å². The Morgan fingerprint density at radius 1 is 1.20 bits per heavy atom. The first kappa shape index (κ1) is 7.35. The molecule has 2 bridgehead atoms. The number of hydrogen-bond acceptors (Lipinski definition) is 1. The molecule has 0 spiro atoms. The topological polar surface area (TPSA) is 3.24 Å². The van der Waals surface area contributed by atoms with Crippen molar-refractivity contribution < 1.29 is 0 Å². The summed E-state index contributed by atoms with van der Waals surface area (Å²) in [6.45, 7) is 5.13. The van der Waals surface area contributed by atoms with Crippen molar-refractivity contribution in [2.75, 3.05) is 13.1 Å². The van der Waals surface area contributed by atoms with E-state index < -0.39 is 0 Å². The Labute approximate surface area is 76.7 Å². The van der Waals surface area contributed by atoms with Gasteiger partial charge < -0.3 is 0 Å². The Hall–Kier alpha value is 0.690. The minimum atomic E-state index is 1.02. The summed E-state index contributed by atoms with van der Waals surface area (Å²) < 4.78 is 2.47. The van der Waals surface area contributed by atoms with Gasteiger partial charge in [0.05, 0.1) is 0 Å². The second-order valence-electron chi connectivity index (χ2n) is 3.78. The Bertz CT molecular complexity index is 123. The van der Waals surface area contributed by atoms with E-state index in [2.05, 4.69) is 32.9 Å². The third-order valence-corrected chi connectivity index (χ3v) is 4.05. The Morgan fingerprint density at radius 3 is 2.20 bits per heavy atom. The maximum atomic E-state index is 2.47. The fourth-order valence-electron chi connectivity index (χ4n) is 2.44. The molecule has 0 aromatic heterocycles. The van der Waals surface area contributed by atoms with Gasteiger partial charge in [-0.15, -0.1) is 0 Å². The molecule has 2 fully saturated rings. The summed E-state index contributed by atoms with van der Waals surface area (Å²) in [6, 6.07) is 0. The molecular weight excluding hydrogens is 237 g/mol. The summed E-state index contributed by atoms with van der Waals surface area (Å²) in [7, 11) is 0. The van der Waals surface area contributed by atoms with Crippen LogP contribution in [0.5, 0.6) is 0 Å². The van der Waals surface area contributed by atoms with E-state index in [4.69, 9.17) is 0 Å². The van der Waals surface area contributed by atoms with Crippen LogP contribution in [0, 0.1) is 17.8 Å². The highest BCUT2D eigenvalue weighted by atomic mass is 127. The minimum absolute atomic E-state index is 1.02. The lowest BCUT2D eigenvalue weighted by Crippen LogP contribution is -2.34. The van der Waals surface area contributed by atoms with Gasteiger partial charge in [-0.2, -0.15) is 0 Å². The molecule has 10 heavy (non-hydrogen) atoms. The first-order chi connectivity index (χ1) is 4.77. The Morgan fingerprint density at radius 2 is 1.70 bits per heavy atom. The van der Waals surface area contributed by atoms with Crippen LogP contribution in [-0.2, 0) is 0 Å². The number of nitrogens with zero attached hydrogens (tertiary/aromatic N) is 1. The van der Waals surface area contributed by atoms with Gasteiger partial charge in [0.1, 0.15) is 0 Å². The highest BCUT2D eigenvalue weighted by Gasteiger charge is 2.38. The molecule has 2 unspecified atom stereocenters. The first-order valence-electron chi connectivity index (χ1n) is 4.18. The van der Waals surface area contributed by atoms with Crippen LogP contribution in [-0.4, -0.2) is 16.2 Å². The average molecular weight is 251 g/mol. The van der Waals surface area contributed by atoms with Crippen molar-refractivity contribution in [2.24, 2.45) is 17.8 Å². The number of halogens is 1. The van der Waals surface area contributed by atoms with E-state index in [9.17, 15) is 0 Å². The Kier molecular flexibility index (Phi) is 1.93. The molecule has 1 saturated heterocycles. The molecule has 1 nitrogen and oxygen atoms in total. The molecule has 1 aliphatic heterocycles. The molecule has 58 valence electrons. The summed E-state index contributed by atoms with van der Waals surface area (Å²) in [5.41, 5.74) is 0. The normalized spacial score (nSPS) is 48.0. The van der Waals surface area contributed by atoms with Crippen LogP contribution in [0.15, 0.2) is 0 Å². The first-order valence-corrected chi connectivity index (χ1v) is 5.14. The monoisotopic (exact) mass is 251 g/mol. The van der Waals surface area contributed by atoms with Crippen LogP contribution >= 0.6 is 22.9 Å². The van der Waals surface area contributed by atoms with E-state index in [-0.39, 0.29) is 0 Å². The summed E-state index contributed by atoms with van der Waals surface area (Å²) in [6.07, 6.45) is 2.98. The molecule has 2 aliphatic rings. The molecule has 1 saturated carbocycles. The van der Waals surface area contributed by atoms with Crippen molar-refractivity contribution in [3.8, 4) is 0 Å². The third-order valence-electron chi connectivity index (χ3n) is 3.26. The standard InChI is InChI=1S/C8H14IN/c1-6-7-2-3-8(6)5-10(9)4-7/h6-8H,2-5H2,1H3. The molecule has 0 amide bonds. The third kappa shape index (κ3) is 1.09. The summed E-state index contributed by atoms with van der Waals surface area (Å²) in [4.78, 5) is 0. The van der Waals surface area contributed by atoms with Crippen LogP contribution in [0.1, 0.15) is 19.8 Å². The number of fused-ring (bicyclic) bond motifs is 2.